The average molecular weight is 261 g/mol. The number of fused-ring (bicyclic) bond motifs is 1. The van der Waals surface area contributed by atoms with E-state index in [1.54, 1.807) is 0 Å². The van der Waals surface area contributed by atoms with Crippen molar-refractivity contribution in [2.45, 2.75) is 58.1 Å². The molecule has 0 saturated heterocycles. The lowest BCUT2D eigenvalue weighted by Crippen LogP contribution is -2.43. The van der Waals surface area contributed by atoms with Gasteiger partial charge in [0.05, 0.1) is 6.10 Å². The van der Waals surface area contributed by atoms with Crippen LogP contribution < -0.4 is 0 Å². The molecule has 0 heterocycles. The summed E-state index contributed by atoms with van der Waals surface area (Å²) in [5.74, 6) is 0.542. The Morgan fingerprint density at radius 1 is 1.21 bits per heavy atom. The number of rotatable bonds is 5. The molecular weight excluding hydrogens is 234 g/mol. The zero-order valence-corrected chi connectivity index (χ0v) is 12.5. The van der Waals surface area contributed by atoms with Crippen molar-refractivity contribution in [1.29, 1.82) is 0 Å². The predicted octanol–water partition coefficient (Wildman–Crippen LogP) is 3.72. The van der Waals surface area contributed by atoms with Gasteiger partial charge >= 0.3 is 0 Å². The van der Waals surface area contributed by atoms with Crippen molar-refractivity contribution in [3.8, 4) is 0 Å². The molecule has 0 bridgehead atoms. The average Bonchev–Trinajstić information content (AvgIpc) is 2.44. The topological polar surface area (TPSA) is 23.5 Å². The second-order valence-electron chi connectivity index (χ2n) is 5.76. The molecular formula is C17H27NO. The number of unbranched alkanes of at least 4 members (excludes halogenated alkanes) is 1. The number of hydrogen-bond acceptors (Lipinski definition) is 2. The highest BCUT2D eigenvalue weighted by Gasteiger charge is 2.34. The minimum Gasteiger partial charge on any atom is -0.387 e. The highest BCUT2D eigenvalue weighted by Crippen LogP contribution is 2.39. The second kappa shape index (κ2) is 6.53. The molecule has 1 N–H and O–H groups in total. The van der Waals surface area contributed by atoms with Gasteiger partial charge in [-0.1, -0.05) is 51.5 Å². The largest absolute Gasteiger partial charge is 0.387 e. The molecule has 1 aromatic carbocycles. The molecule has 1 aliphatic carbocycles. The number of aliphatic hydroxyl groups excluding tert-OH is 1. The lowest BCUT2D eigenvalue weighted by atomic mass is 9.78. The Morgan fingerprint density at radius 2 is 1.89 bits per heavy atom. The van der Waals surface area contributed by atoms with Crippen molar-refractivity contribution in [3.05, 3.63) is 35.4 Å². The van der Waals surface area contributed by atoms with Crippen LogP contribution in [-0.2, 0) is 0 Å². The van der Waals surface area contributed by atoms with Gasteiger partial charge in [0.1, 0.15) is 0 Å². The maximum atomic E-state index is 10.7. The Morgan fingerprint density at radius 3 is 2.53 bits per heavy atom. The molecule has 0 aliphatic heterocycles. The predicted molar refractivity (Wildman–Crippen MR) is 80.4 cm³/mol. The van der Waals surface area contributed by atoms with Crippen molar-refractivity contribution in [2.75, 3.05) is 13.1 Å². The summed E-state index contributed by atoms with van der Waals surface area (Å²) in [4.78, 5) is 2.46. The summed E-state index contributed by atoms with van der Waals surface area (Å²) in [6.07, 6.45) is 3.16. The van der Waals surface area contributed by atoms with Crippen LogP contribution in [0.1, 0.15) is 63.2 Å². The van der Waals surface area contributed by atoms with Crippen LogP contribution in [0.5, 0.6) is 0 Å². The van der Waals surface area contributed by atoms with Crippen molar-refractivity contribution in [1.82, 2.24) is 4.90 Å². The highest BCUT2D eigenvalue weighted by atomic mass is 16.3. The summed E-state index contributed by atoms with van der Waals surface area (Å²) in [6.45, 7) is 8.84. The van der Waals surface area contributed by atoms with E-state index in [0.717, 1.165) is 25.1 Å². The standard InChI is InChI=1S/C17H27NO/c1-4-6-11-18(5-2)16-12-13(3)14-9-7-8-10-15(14)17(16)19/h7-10,13,16-17,19H,4-6,11-12H2,1-3H3. The van der Waals surface area contributed by atoms with E-state index < -0.39 is 0 Å². The van der Waals surface area contributed by atoms with E-state index in [2.05, 4.69) is 43.9 Å². The molecule has 0 spiro atoms. The third-order valence-corrected chi connectivity index (χ3v) is 4.48. The minimum atomic E-state index is -0.329. The molecule has 1 aromatic rings. The van der Waals surface area contributed by atoms with Crippen LogP contribution in [0.15, 0.2) is 24.3 Å². The van der Waals surface area contributed by atoms with Gasteiger partial charge in [-0.15, -0.1) is 0 Å². The van der Waals surface area contributed by atoms with E-state index in [1.807, 2.05) is 6.07 Å². The fraction of sp³-hybridized carbons (Fsp3) is 0.647. The van der Waals surface area contributed by atoms with Gasteiger partial charge < -0.3 is 5.11 Å². The Balaban J connectivity index is 2.20. The van der Waals surface area contributed by atoms with Gasteiger partial charge in [-0.05, 0) is 43.0 Å². The minimum absolute atomic E-state index is 0.279. The summed E-state index contributed by atoms with van der Waals surface area (Å²) >= 11 is 0. The Hall–Kier alpha value is -0.860. The van der Waals surface area contributed by atoms with E-state index in [4.69, 9.17) is 0 Å². The summed E-state index contributed by atoms with van der Waals surface area (Å²) < 4.78 is 0. The van der Waals surface area contributed by atoms with Crippen molar-refractivity contribution in [2.24, 2.45) is 0 Å². The van der Waals surface area contributed by atoms with Crippen molar-refractivity contribution in [3.63, 3.8) is 0 Å². The van der Waals surface area contributed by atoms with Gasteiger partial charge in [0.15, 0.2) is 0 Å². The Kier molecular flexibility index (Phi) is 5.00. The SMILES string of the molecule is CCCCN(CC)C1CC(C)c2ccccc2C1O. The van der Waals surface area contributed by atoms with E-state index in [-0.39, 0.29) is 12.1 Å². The summed E-state index contributed by atoms with van der Waals surface area (Å²) in [6, 6.07) is 8.66. The number of benzene rings is 1. The van der Waals surface area contributed by atoms with Gasteiger partial charge in [0.2, 0.25) is 0 Å². The molecule has 2 nitrogen and oxygen atoms in total. The van der Waals surface area contributed by atoms with Gasteiger partial charge in [-0.2, -0.15) is 0 Å². The molecule has 3 atom stereocenters. The Bertz CT molecular complexity index is 404. The fourth-order valence-corrected chi connectivity index (χ4v) is 3.32. The summed E-state index contributed by atoms with van der Waals surface area (Å²) in [5, 5.41) is 10.7. The lowest BCUT2D eigenvalue weighted by molar-refractivity contribution is 0.0330. The molecule has 0 saturated carbocycles. The molecule has 0 radical (unpaired) electrons. The normalized spacial score (nSPS) is 26.5. The highest BCUT2D eigenvalue weighted by molar-refractivity contribution is 5.35. The van der Waals surface area contributed by atoms with Crippen molar-refractivity contribution < 1.29 is 5.11 Å². The van der Waals surface area contributed by atoms with Gasteiger partial charge in [-0.25, -0.2) is 0 Å². The first kappa shape index (κ1) is 14.5. The third kappa shape index (κ3) is 3.01. The number of aliphatic hydroxyl groups is 1. The van der Waals surface area contributed by atoms with Crippen LogP contribution in [0, 0.1) is 0 Å². The monoisotopic (exact) mass is 261 g/mol. The first-order valence-electron chi connectivity index (χ1n) is 7.69. The van der Waals surface area contributed by atoms with Crippen LogP contribution in [0.3, 0.4) is 0 Å². The fourth-order valence-electron chi connectivity index (χ4n) is 3.32. The third-order valence-electron chi connectivity index (χ3n) is 4.48. The van der Waals surface area contributed by atoms with Crippen LogP contribution >= 0.6 is 0 Å². The second-order valence-corrected chi connectivity index (χ2v) is 5.76. The molecule has 0 fully saturated rings. The van der Waals surface area contributed by atoms with Crippen LogP contribution in [0.4, 0.5) is 0 Å². The summed E-state index contributed by atoms with van der Waals surface area (Å²) in [7, 11) is 0. The Labute approximate surface area is 117 Å². The summed E-state index contributed by atoms with van der Waals surface area (Å²) in [5.41, 5.74) is 2.47. The van der Waals surface area contributed by atoms with E-state index in [9.17, 15) is 5.11 Å². The zero-order valence-electron chi connectivity index (χ0n) is 12.5. The molecule has 0 amide bonds. The molecule has 106 valence electrons. The smallest absolute Gasteiger partial charge is 0.0948 e. The van der Waals surface area contributed by atoms with Crippen LogP contribution in [0.2, 0.25) is 0 Å². The maximum Gasteiger partial charge on any atom is 0.0948 e. The molecule has 1 aliphatic rings. The van der Waals surface area contributed by atoms with Crippen LogP contribution in [0.25, 0.3) is 0 Å². The van der Waals surface area contributed by atoms with Gasteiger partial charge in [0, 0.05) is 6.04 Å². The number of hydrogen-bond donors (Lipinski definition) is 1. The van der Waals surface area contributed by atoms with Gasteiger partial charge in [-0.3, -0.25) is 4.90 Å². The first-order chi connectivity index (χ1) is 9.19. The lowest BCUT2D eigenvalue weighted by Gasteiger charge is -2.40. The number of nitrogens with zero attached hydrogens (tertiary/aromatic N) is 1. The van der Waals surface area contributed by atoms with E-state index in [1.165, 1.54) is 18.4 Å². The van der Waals surface area contributed by atoms with Crippen LogP contribution in [-0.4, -0.2) is 29.1 Å². The molecule has 2 heteroatoms. The molecule has 0 aromatic heterocycles. The molecule has 19 heavy (non-hydrogen) atoms. The zero-order chi connectivity index (χ0) is 13.8. The maximum absolute atomic E-state index is 10.7. The molecule has 3 unspecified atom stereocenters. The van der Waals surface area contributed by atoms with E-state index >= 15 is 0 Å². The quantitative estimate of drug-likeness (QED) is 0.873. The molecule has 2 rings (SSSR count). The number of likely N-dealkylation sites (N-methyl/N-ethyl adjacent to an activating group) is 1. The van der Waals surface area contributed by atoms with E-state index in [0.29, 0.717) is 5.92 Å². The van der Waals surface area contributed by atoms with Gasteiger partial charge in [0.25, 0.3) is 0 Å². The van der Waals surface area contributed by atoms with Crippen molar-refractivity contribution >= 4 is 0 Å². The first-order valence-corrected chi connectivity index (χ1v) is 7.69.